The van der Waals surface area contributed by atoms with Crippen molar-refractivity contribution in [3.63, 3.8) is 0 Å². The highest BCUT2D eigenvalue weighted by Crippen LogP contribution is 2.03. The van der Waals surface area contributed by atoms with E-state index in [4.69, 9.17) is 0 Å². The second-order valence-corrected chi connectivity index (χ2v) is 4.76. The second kappa shape index (κ2) is 5.32. The maximum atomic E-state index is 11.0. The monoisotopic (exact) mass is 298 g/mol. The Hall–Kier alpha value is -3.16. The van der Waals surface area contributed by atoms with Gasteiger partial charge in [0.05, 0.1) is 22.4 Å². The van der Waals surface area contributed by atoms with Crippen LogP contribution in [0.3, 0.4) is 0 Å². The molecule has 4 aromatic heterocycles. The molecule has 0 fully saturated rings. The number of aromatic amines is 2. The van der Waals surface area contributed by atoms with Gasteiger partial charge in [-0.3, -0.25) is 8.80 Å². The summed E-state index contributed by atoms with van der Waals surface area (Å²) < 4.78 is 3.06. The van der Waals surface area contributed by atoms with Crippen molar-refractivity contribution in [3.05, 3.63) is 69.0 Å². The number of fused-ring (bicyclic) bond motifs is 2. The molecule has 22 heavy (non-hydrogen) atoms. The van der Waals surface area contributed by atoms with Gasteiger partial charge in [-0.2, -0.15) is 10.2 Å². The predicted molar refractivity (Wildman–Crippen MR) is 81.1 cm³/mol. The lowest BCUT2D eigenvalue weighted by Gasteiger charge is -1.94. The fraction of sp³-hybridized carbons (Fsp3) is 0.143. The molecule has 0 atom stereocenters. The van der Waals surface area contributed by atoms with Gasteiger partial charge in [-0.15, -0.1) is 0 Å². The third-order valence-corrected chi connectivity index (χ3v) is 3.32. The summed E-state index contributed by atoms with van der Waals surface area (Å²) in [5, 5.41) is 12.4. The van der Waals surface area contributed by atoms with Crippen molar-refractivity contribution in [1.29, 1.82) is 0 Å². The van der Waals surface area contributed by atoms with Gasteiger partial charge >= 0.3 is 11.4 Å². The van der Waals surface area contributed by atoms with E-state index >= 15 is 0 Å². The minimum absolute atomic E-state index is 0.199. The second-order valence-electron chi connectivity index (χ2n) is 4.76. The summed E-state index contributed by atoms with van der Waals surface area (Å²) in [6, 6.07) is 7.35. The molecule has 8 nitrogen and oxygen atoms in total. The minimum atomic E-state index is -0.199. The van der Waals surface area contributed by atoms with Crippen molar-refractivity contribution < 1.29 is 0 Å². The van der Waals surface area contributed by atoms with E-state index in [1.807, 2.05) is 38.1 Å². The Labute approximate surface area is 124 Å². The molecule has 0 bridgehead atoms. The highest BCUT2D eigenvalue weighted by molar-refractivity contribution is 5.50. The van der Waals surface area contributed by atoms with E-state index in [-0.39, 0.29) is 11.4 Å². The molecule has 4 aromatic rings. The number of hydrogen-bond donors (Lipinski definition) is 2. The molecule has 0 aliphatic carbocycles. The largest absolute Gasteiger partial charge is 0.346 e. The molecule has 0 unspecified atom stereocenters. The first kappa shape index (κ1) is 13.8. The van der Waals surface area contributed by atoms with Crippen molar-refractivity contribution in [1.82, 2.24) is 29.2 Å². The molecule has 0 radical (unpaired) electrons. The van der Waals surface area contributed by atoms with Gasteiger partial charge in [-0.05, 0) is 38.1 Å². The van der Waals surface area contributed by atoms with Crippen molar-refractivity contribution in [2.45, 2.75) is 13.8 Å². The van der Waals surface area contributed by atoms with E-state index in [2.05, 4.69) is 20.4 Å². The van der Waals surface area contributed by atoms with Gasteiger partial charge in [0.1, 0.15) is 0 Å². The topological polar surface area (TPSA) is 100 Å². The summed E-state index contributed by atoms with van der Waals surface area (Å²) in [6.07, 6.45) is 3.42. The molecule has 2 N–H and O–H groups in total. The van der Waals surface area contributed by atoms with Crippen LogP contribution >= 0.6 is 0 Å². The Bertz CT molecular complexity index is 966. The van der Waals surface area contributed by atoms with Gasteiger partial charge in [0.15, 0.2) is 0 Å². The summed E-state index contributed by atoms with van der Waals surface area (Å²) in [5.74, 6) is 0. The molecule has 0 aliphatic heterocycles. The van der Waals surface area contributed by atoms with Crippen LogP contribution in [0.4, 0.5) is 0 Å². The number of H-pyrrole nitrogens is 2. The van der Waals surface area contributed by atoms with Crippen LogP contribution in [0.2, 0.25) is 0 Å². The molecule has 0 spiro atoms. The Kier molecular flexibility index (Phi) is 3.34. The van der Waals surface area contributed by atoms with Gasteiger partial charge < -0.3 is 0 Å². The highest BCUT2D eigenvalue weighted by Gasteiger charge is 1.99. The summed E-state index contributed by atoms with van der Waals surface area (Å²) in [5.41, 5.74) is 2.97. The molecule has 0 amide bonds. The third kappa shape index (κ3) is 2.30. The molecule has 8 heteroatoms. The first-order chi connectivity index (χ1) is 10.6. The zero-order chi connectivity index (χ0) is 15.7. The summed E-state index contributed by atoms with van der Waals surface area (Å²) in [6.45, 7) is 3.70. The standard InChI is InChI=1S/2C7H7N3O/c2*1-5-6-3-2-4-10(6)7(11)9-8-5/h2*2-4H,1H3,(H,9,11). The lowest BCUT2D eigenvalue weighted by Crippen LogP contribution is -2.17. The molecule has 0 saturated carbocycles. The van der Waals surface area contributed by atoms with Crippen molar-refractivity contribution in [3.8, 4) is 0 Å². The molecule has 4 rings (SSSR count). The van der Waals surface area contributed by atoms with Crippen molar-refractivity contribution >= 4 is 11.0 Å². The number of aryl methyl sites for hydroxylation is 2. The van der Waals surface area contributed by atoms with E-state index in [0.29, 0.717) is 0 Å². The lowest BCUT2D eigenvalue weighted by molar-refractivity contribution is 0.863. The summed E-state index contributed by atoms with van der Waals surface area (Å²) >= 11 is 0. The number of nitrogens with zero attached hydrogens (tertiary/aromatic N) is 4. The molecular weight excluding hydrogens is 284 g/mol. The van der Waals surface area contributed by atoms with Gasteiger partial charge in [0, 0.05) is 12.4 Å². The van der Waals surface area contributed by atoms with E-state index in [1.54, 1.807) is 12.4 Å². The van der Waals surface area contributed by atoms with E-state index < -0.39 is 0 Å². The van der Waals surface area contributed by atoms with Crippen LogP contribution in [-0.2, 0) is 0 Å². The van der Waals surface area contributed by atoms with Crippen LogP contribution in [-0.4, -0.2) is 29.2 Å². The van der Waals surface area contributed by atoms with Gasteiger partial charge in [0.25, 0.3) is 0 Å². The molecule has 4 heterocycles. The van der Waals surface area contributed by atoms with Crippen LogP contribution in [0.5, 0.6) is 0 Å². The molecule has 0 saturated heterocycles. The molecular formula is C14H14N6O2. The van der Waals surface area contributed by atoms with E-state index in [9.17, 15) is 9.59 Å². The summed E-state index contributed by atoms with van der Waals surface area (Å²) in [7, 11) is 0. The first-order valence-electron chi connectivity index (χ1n) is 6.62. The average molecular weight is 298 g/mol. The SMILES string of the molecule is Cc1n[nH]c(=O)n2cccc12.Cc1n[nH]c(=O)n2cccc12. The zero-order valence-electron chi connectivity index (χ0n) is 12.1. The maximum absolute atomic E-state index is 11.0. The Morgan fingerprint density at radius 3 is 1.59 bits per heavy atom. The smallest absolute Gasteiger partial charge is 0.267 e. The Morgan fingerprint density at radius 2 is 1.23 bits per heavy atom. The molecule has 0 aromatic carbocycles. The molecule has 0 aliphatic rings. The number of rotatable bonds is 0. The fourth-order valence-electron chi connectivity index (χ4n) is 2.19. The minimum Gasteiger partial charge on any atom is -0.267 e. The van der Waals surface area contributed by atoms with Crippen LogP contribution < -0.4 is 11.4 Å². The van der Waals surface area contributed by atoms with Crippen molar-refractivity contribution in [2.75, 3.05) is 0 Å². The Morgan fingerprint density at radius 1 is 0.818 bits per heavy atom. The summed E-state index contributed by atoms with van der Waals surface area (Å²) in [4.78, 5) is 22.1. The third-order valence-electron chi connectivity index (χ3n) is 3.32. The van der Waals surface area contributed by atoms with Gasteiger partial charge in [-0.25, -0.2) is 19.8 Å². The number of nitrogens with one attached hydrogen (secondary N) is 2. The Balaban J connectivity index is 0.000000131. The highest BCUT2D eigenvalue weighted by atomic mass is 16.1. The van der Waals surface area contributed by atoms with Gasteiger partial charge in [0.2, 0.25) is 0 Å². The van der Waals surface area contributed by atoms with E-state index in [1.165, 1.54) is 8.80 Å². The zero-order valence-corrected chi connectivity index (χ0v) is 12.1. The van der Waals surface area contributed by atoms with Crippen LogP contribution in [0.15, 0.2) is 46.2 Å². The van der Waals surface area contributed by atoms with Crippen LogP contribution in [0.25, 0.3) is 11.0 Å². The normalized spacial score (nSPS) is 10.6. The first-order valence-corrected chi connectivity index (χ1v) is 6.62. The van der Waals surface area contributed by atoms with Gasteiger partial charge in [-0.1, -0.05) is 0 Å². The fourth-order valence-corrected chi connectivity index (χ4v) is 2.19. The quantitative estimate of drug-likeness (QED) is 0.498. The number of hydrogen-bond acceptors (Lipinski definition) is 4. The van der Waals surface area contributed by atoms with E-state index in [0.717, 1.165) is 22.4 Å². The van der Waals surface area contributed by atoms with Crippen molar-refractivity contribution in [2.24, 2.45) is 0 Å². The maximum Gasteiger partial charge on any atom is 0.346 e. The average Bonchev–Trinajstić information content (AvgIpc) is 3.17. The van der Waals surface area contributed by atoms with Crippen LogP contribution in [0.1, 0.15) is 11.4 Å². The van der Waals surface area contributed by atoms with Crippen LogP contribution in [0, 0.1) is 13.8 Å². The lowest BCUT2D eigenvalue weighted by atomic mass is 10.4. The predicted octanol–water partition coefficient (Wildman–Crippen LogP) is 0.662. The number of aromatic nitrogens is 6. The molecule has 112 valence electrons.